The van der Waals surface area contributed by atoms with Gasteiger partial charge in [-0.15, -0.1) is 0 Å². The summed E-state index contributed by atoms with van der Waals surface area (Å²) in [5.74, 6) is 0.378. The molecule has 1 aromatic rings. The van der Waals surface area contributed by atoms with Gasteiger partial charge in [-0.3, -0.25) is 0 Å². The first-order valence-electron chi connectivity index (χ1n) is 6.37. The normalized spacial score (nSPS) is 30.6. The van der Waals surface area contributed by atoms with Crippen molar-refractivity contribution in [2.45, 2.75) is 43.9 Å². The maximum atomic E-state index is 13.5. The number of ether oxygens (including phenoxy) is 1. The summed E-state index contributed by atoms with van der Waals surface area (Å²) in [7, 11) is 0. The second kappa shape index (κ2) is 4.69. The number of hydrogen-bond donors (Lipinski definition) is 1. The average molecular weight is 249 g/mol. The lowest BCUT2D eigenvalue weighted by Crippen LogP contribution is -2.33. The van der Waals surface area contributed by atoms with E-state index in [1.54, 1.807) is 12.1 Å². The van der Waals surface area contributed by atoms with Crippen molar-refractivity contribution < 1.29 is 14.2 Å². The standard InChI is InChI=1S/C14H16FNO2/c15-11-4-2-1-3-9(11)7-14-16-12-8-10(17)5-6-13(12)18-14/h1-4,10,12-13,17H,5-8H2. The summed E-state index contributed by atoms with van der Waals surface area (Å²) in [6, 6.07) is 6.73. The minimum atomic E-state index is -0.272. The molecule has 3 unspecified atom stereocenters. The molecule has 4 heteroatoms. The van der Waals surface area contributed by atoms with E-state index in [9.17, 15) is 9.50 Å². The first-order chi connectivity index (χ1) is 8.72. The number of rotatable bonds is 2. The van der Waals surface area contributed by atoms with Gasteiger partial charge in [-0.2, -0.15) is 0 Å². The molecular formula is C14H16FNO2. The number of nitrogens with zero attached hydrogens (tertiary/aromatic N) is 1. The highest BCUT2D eigenvalue weighted by atomic mass is 19.1. The van der Waals surface area contributed by atoms with Gasteiger partial charge in [0.2, 0.25) is 0 Å². The molecule has 1 aromatic carbocycles. The molecule has 0 spiro atoms. The lowest BCUT2D eigenvalue weighted by atomic mass is 9.91. The van der Waals surface area contributed by atoms with Crippen LogP contribution in [0.3, 0.4) is 0 Å². The van der Waals surface area contributed by atoms with Gasteiger partial charge in [-0.05, 0) is 30.9 Å². The van der Waals surface area contributed by atoms with Crippen LogP contribution in [0.4, 0.5) is 4.39 Å². The van der Waals surface area contributed by atoms with Crippen LogP contribution in [-0.2, 0) is 11.2 Å². The second-order valence-electron chi connectivity index (χ2n) is 4.98. The number of halogens is 1. The Bertz CT molecular complexity index is 475. The van der Waals surface area contributed by atoms with Crippen LogP contribution >= 0.6 is 0 Å². The van der Waals surface area contributed by atoms with Crippen LogP contribution < -0.4 is 0 Å². The summed E-state index contributed by atoms with van der Waals surface area (Å²) in [6.07, 6.45) is 2.46. The van der Waals surface area contributed by atoms with Gasteiger partial charge in [-0.25, -0.2) is 9.38 Å². The van der Waals surface area contributed by atoms with Gasteiger partial charge < -0.3 is 9.84 Å². The van der Waals surface area contributed by atoms with E-state index in [4.69, 9.17) is 4.74 Å². The molecule has 0 amide bonds. The summed E-state index contributed by atoms with van der Waals surface area (Å²) in [5, 5.41) is 9.59. The minimum absolute atomic E-state index is 0.0514. The van der Waals surface area contributed by atoms with Crippen LogP contribution in [0.15, 0.2) is 29.3 Å². The molecule has 0 bridgehead atoms. The third-order valence-corrected chi connectivity index (χ3v) is 3.62. The Balaban J connectivity index is 1.72. The molecule has 0 radical (unpaired) electrons. The molecule has 3 atom stereocenters. The van der Waals surface area contributed by atoms with Crippen LogP contribution in [-0.4, -0.2) is 29.3 Å². The molecule has 1 saturated carbocycles. The maximum Gasteiger partial charge on any atom is 0.188 e. The zero-order chi connectivity index (χ0) is 12.5. The number of aliphatic hydroxyl groups excluding tert-OH is 1. The molecule has 1 aliphatic carbocycles. The van der Waals surface area contributed by atoms with Crippen molar-refractivity contribution in [3.05, 3.63) is 35.6 Å². The van der Waals surface area contributed by atoms with E-state index >= 15 is 0 Å². The number of aliphatic hydroxyl groups is 1. The number of hydrogen-bond acceptors (Lipinski definition) is 3. The minimum Gasteiger partial charge on any atom is -0.475 e. The number of aliphatic imine (C=N–C) groups is 1. The Kier molecular flexibility index (Phi) is 3.04. The quantitative estimate of drug-likeness (QED) is 0.872. The highest BCUT2D eigenvalue weighted by Crippen LogP contribution is 2.29. The fourth-order valence-corrected chi connectivity index (χ4v) is 2.65. The lowest BCUT2D eigenvalue weighted by Gasteiger charge is -2.26. The molecule has 96 valence electrons. The predicted octanol–water partition coefficient (Wildman–Crippen LogP) is 2.08. The highest BCUT2D eigenvalue weighted by Gasteiger charge is 2.36. The Morgan fingerprint density at radius 3 is 3.00 bits per heavy atom. The average Bonchev–Trinajstić information content (AvgIpc) is 2.73. The number of fused-ring (bicyclic) bond motifs is 1. The van der Waals surface area contributed by atoms with Gasteiger partial charge in [0.1, 0.15) is 11.9 Å². The lowest BCUT2D eigenvalue weighted by molar-refractivity contribution is 0.0615. The summed E-state index contributed by atoms with van der Waals surface area (Å²) >= 11 is 0. The maximum absolute atomic E-state index is 13.5. The fraction of sp³-hybridized carbons (Fsp3) is 0.500. The van der Waals surface area contributed by atoms with Crippen molar-refractivity contribution in [2.75, 3.05) is 0 Å². The van der Waals surface area contributed by atoms with Crippen LogP contribution in [0.1, 0.15) is 24.8 Å². The third kappa shape index (κ3) is 2.25. The van der Waals surface area contributed by atoms with Crippen LogP contribution in [0, 0.1) is 5.82 Å². The summed E-state index contributed by atoms with van der Waals surface area (Å²) < 4.78 is 19.3. The van der Waals surface area contributed by atoms with E-state index in [0.717, 1.165) is 12.8 Å². The summed E-state index contributed by atoms with van der Waals surface area (Å²) in [4.78, 5) is 4.46. The van der Waals surface area contributed by atoms with Crippen molar-refractivity contribution in [3.63, 3.8) is 0 Å². The Hall–Kier alpha value is -1.42. The molecule has 2 aliphatic rings. The third-order valence-electron chi connectivity index (χ3n) is 3.62. The van der Waals surface area contributed by atoms with Crippen molar-refractivity contribution >= 4 is 5.90 Å². The van der Waals surface area contributed by atoms with Crippen LogP contribution in [0.2, 0.25) is 0 Å². The van der Waals surface area contributed by atoms with E-state index in [-0.39, 0.29) is 24.1 Å². The molecule has 18 heavy (non-hydrogen) atoms. The van der Waals surface area contributed by atoms with E-state index in [2.05, 4.69) is 4.99 Å². The van der Waals surface area contributed by atoms with Gasteiger partial charge >= 0.3 is 0 Å². The largest absolute Gasteiger partial charge is 0.475 e. The van der Waals surface area contributed by atoms with Gasteiger partial charge in [0.25, 0.3) is 0 Å². The van der Waals surface area contributed by atoms with E-state index < -0.39 is 0 Å². The molecule has 3 nitrogen and oxygen atoms in total. The molecular weight excluding hydrogens is 233 g/mol. The number of benzene rings is 1. The SMILES string of the molecule is OC1CCC2OC(Cc3ccccc3F)=NC2C1. The molecule has 0 saturated heterocycles. The summed E-state index contributed by atoms with van der Waals surface area (Å²) in [6.45, 7) is 0. The Labute approximate surface area is 105 Å². The first kappa shape index (κ1) is 11.7. The van der Waals surface area contributed by atoms with Crippen molar-refractivity contribution in [2.24, 2.45) is 4.99 Å². The molecule has 1 aliphatic heterocycles. The van der Waals surface area contributed by atoms with Crippen molar-refractivity contribution in [3.8, 4) is 0 Å². The molecule has 1 heterocycles. The molecule has 1 N–H and O–H groups in total. The molecule has 0 aromatic heterocycles. The van der Waals surface area contributed by atoms with E-state index in [1.165, 1.54) is 6.07 Å². The predicted molar refractivity (Wildman–Crippen MR) is 66.1 cm³/mol. The topological polar surface area (TPSA) is 41.8 Å². The molecule has 1 fully saturated rings. The molecule has 3 rings (SSSR count). The zero-order valence-corrected chi connectivity index (χ0v) is 10.1. The van der Waals surface area contributed by atoms with Crippen LogP contribution in [0.25, 0.3) is 0 Å². The van der Waals surface area contributed by atoms with E-state index in [1.807, 2.05) is 6.07 Å². The fourth-order valence-electron chi connectivity index (χ4n) is 2.65. The van der Waals surface area contributed by atoms with Crippen LogP contribution in [0.5, 0.6) is 0 Å². The van der Waals surface area contributed by atoms with Gasteiger partial charge in [-0.1, -0.05) is 18.2 Å². The van der Waals surface area contributed by atoms with Crippen molar-refractivity contribution in [1.29, 1.82) is 0 Å². The first-order valence-corrected chi connectivity index (χ1v) is 6.37. The Morgan fingerprint density at radius 2 is 2.17 bits per heavy atom. The zero-order valence-electron chi connectivity index (χ0n) is 10.1. The monoisotopic (exact) mass is 249 g/mol. The highest BCUT2D eigenvalue weighted by molar-refractivity contribution is 5.80. The van der Waals surface area contributed by atoms with Crippen molar-refractivity contribution in [1.82, 2.24) is 0 Å². The second-order valence-corrected chi connectivity index (χ2v) is 4.98. The summed E-state index contributed by atoms with van der Waals surface area (Å²) in [5.41, 5.74) is 0.607. The van der Waals surface area contributed by atoms with Gasteiger partial charge in [0.15, 0.2) is 5.90 Å². The Morgan fingerprint density at radius 1 is 1.33 bits per heavy atom. The smallest absolute Gasteiger partial charge is 0.188 e. The van der Waals surface area contributed by atoms with E-state index in [0.29, 0.717) is 24.3 Å². The van der Waals surface area contributed by atoms with Gasteiger partial charge in [0, 0.05) is 0 Å². The van der Waals surface area contributed by atoms with Gasteiger partial charge in [0.05, 0.1) is 18.6 Å².